The van der Waals surface area contributed by atoms with Gasteiger partial charge in [0, 0.05) is 18.7 Å². The number of dihydropyridines is 1. The zero-order valence-corrected chi connectivity index (χ0v) is 8.34. The molecule has 1 atom stereocenters. The number of nitrogens with two attached hydrogens (primary N) is 1. The normalized spacial score (nSPS) is 22.3. The second-order valence-electron chi connectivity index (χ2n) is 3.26. The zero-order valence-electron chi connectivity index (χ0n) is 8.34. The lowest BCUT2D eigenvalue weighted by molar-refractivity contribution is -0.184. The molecule has 1 unspecified atom stereocenters. The Balaban J connectivity index is 2.46. The fraction of sp³-hybridized carbons (Fsp3) is 0.667. The van der Waals surface area contributed by atoms with Gasteiger partial charge in [0.2, 0.25) is 0 Å². The Labute approximate surface area is 85.8 Å². The molecule has 0 spiro atoms. The monoisotopic (exact) mass is 222 g/mol. The summed E-state index contributed by atoms with van der Waals surface area (Å²) in [7, 11) is 0. The van der Waals surface area contributed by atoms with Crippen molar-refractivity contribution in [3.63, 3.8) is 0 Å². The highest BCUT2D eigenvalue weighted by Gasteiger charge is 2.29. The van der Waals surface area contributed by atoms with Crippen LogP contribution in [0.25, 0.3) is 0 Å². The van der Waals surface area contributed by atoms with Crippen molar-refractivity contribution in [1.29, 1.82) is 0 Å². The Morgan fingerprint density at radius 1 is 1.60 bits per heavy atom. The Bertz CT molecular complexity index is 284. The molecule has 1 aliphatic heterocycles. The van der Waals surface area contributed by atoms with Crippen LogP contribution < -0.4 is 5.73 Å². The van der Waals surface area contributed by atoms with Gasteiger partial charge in [-0.25, -0.2) is 0 Å². The fourth-order valence-corrected chi connectivity index (χ4v) is 1.27. The topological polar surface area (TPSA) is 47.6 Å². The number of nitrogens with zero attached hydrogens (tertiary/aromatic N) is 1. The molecule has 0 radical (unpaired) electrons. The summed E-state index contributed by atoms with van der Waals surface area (Å²) in [6, 6.07) is 0. The number of hydrogen-bond acceptors (Lipinski definition) is 3. The predicted molar refractivity (Wildman–Crippen MR) is 50.7 cm³/mol. The molecule has 1 heterocycles. The summed E-state index contributed by atoms with van der Waals surface area (Å²) < 4.78 is 40.1. The van der Waals surface area contributed by atoms with Crippen molar-refractivity contribution >= 4 is 5.71 Å². The Kier molecular flexibility index (Phi) is 3.87. The SMILES string of the molecule is CC1=NC(OCC(F)(F)F)CC=C1CN. The van der Waals surface area contributed by atoms with Crippen molar-refractivity contribution in [2.75, 3.05) is 13.2 Å². The molecule has 0 saturated carbocycles. The van der Waals surface area contributed by atoms with Crippen LogP contribution in [-0.4, -0.2) is 31.3 Å². The molecule has 0 fully saturated rings. The smallest absolute Gasteiger partial charge is 0.347 e. The molecule has 15 heavy (non-hydrogen) atoms. The van der Waals surface area contributed by atoms with Crippen LogP contribution in [0.5, 0.6) is 0 Å². The summed E-state index contributed by atoms with van der Waals surface area (Å²) in [5.41, 5.74) is 6.92. The lowest BCUT2D eigenvalue weighted by Gasteiger charge is -2.19. The van der Waals surface area contributed by atoms with Crippen LogP contribution in [0.4, 0.5) is 13.2 Å². The summed E-state index contributed by atoms with van der Waals surface area (Å²) in [4.78, 5) is 3.98. The van der Waals surface area contributed by atoms with Crippen LogP contribution in [0.1, 0.15) is 13.3 Å². The van der Waals surface area contributed by atoms with E-state index < -0.39 is 19.0 Å². The third-order valence-corrected chi connectivity index (χ3v) is 2.03. The van der Waals surface area contributed by atoms with Gasteiger partial charge in [0.15, 0.2) is 6.23 Å². The van der Waals surface area contributed by atoms with Crippen molar-refractivity contribution in [2.24, 2.45) is 10.7 Å². The summed E-state index contributed by atoms with van der Waals surface area (Å²) in [5, 5.41) is 0. The first-order valence-corrected chi connectivity index (χ1v) is 4.54. The van der Waals surface area contributed by atoms with Crippen LogP contribution >= 0.6 is 0 Å². The van der Waals surface area contributed by atoms with E-state index in [-0.39, 0.29) is 0 Å². The first kappa shape index (κ1) is 12.2. The molecule has 0 saturated heterocycles. The molecule has 0 aromatic heterocycles. The van der Waals surface area contributed by atoms with Crippen molar-refractivity contribution in [2.45, 2.75) is 25.7 Å². The largest absolute Gasteiger partial charge is 0.411 e. The summed E-state index contributed by atoms with van der Waals surface area (Å²) in [6.07, 6.45) is -2.92. The predicted octanol–water partition coefficient (Wildman–Crippen LogP) is 1.64. The maximum absolute atomic E-state index is 11.8. The highest BCUT2D eigenvalue weighted by Crippen LogP contribution is 2.19. The van der Waals surface area contributed by atoms with E-state index in [4.69, 9.17) is 5.73 Å². The lowest BCUT2D eigenvalue weighted by Crippen LogP contribution is -2.25. The van der Waals surface area contributed by atoms with Crippen molar-refractivity contribution in [3.05, 3.63) is 11.6 Å². The second-order valence-corrected chi connectivity index (χ2v) is 3.26. The number of ether oxygens (including phenoxy) is 1. The highest BCUT2D eigenvalue weighted by molar-refractivity contribution is 5.99. The van der Waals surface area contributed by atoms with E-state index >= 15 is 0 Å². The van der Waals surface area contributed by atoms with E-state index in [1.165, 1.54) is 0 Å². The molecule has 0 bridgehead atoms. The second kappa shape index (κ2) is 4.76. The Morgan fingerprint density at radius 2 is 2.27 bits per heavy atom. The van der Waals surface area contributed by atoms with E-state index in [2.05, 4.69) is 9.73 Å². The maximum Gasteiger partial charge on any atom is 0.411 e. The van der Waals surface area contributed by atoms with Gasteiger partial charge in [-0.1, -0.05) is 6.08 Å². The first-order chi connectivity index (χ1) is 6.92. The fourth-order valence-electron chi connectivity index (χ4n) is 1.27. The van der Waals surface area contributed by atoms with Gasteiger partial charge in [0.25, 0.3) is 0 Å². The van der Waals surface area contributed by atoms with E-state index in [0.717, 1.165) is 5.57 Å². The van der Waals surface area contributed by atoms with Gasteiger partial charge in [-0.15, -0.1) is 0 Å². The van der Waals surface area contributed by atoms with Gasteiger partial charge < -0.3 is 10.5 Å². The maximum atomic E-state index is 11.8. The third-order valence-electron chi connectivity index (χ3n) is 2.03. The highest BCUT2D eigenvalue weighted by atomic mass is 19.4. The van der Waals surface area contributed by atoms with Gasteiger partial charge in [0.05, 0.1) is 0 Å². The molecule has 0 aromatic carbocycles. The van der Waals surface area contributed by atoms with E-state index in [0.29, 0.717) is 18.7 Å². The molecule has 0 amide bonds. The lowest BCUT2D eigenvalue weighted by atomic mass is 10.1. The molecular formula is C9H13F3N2O. The quantitative estimate of drug-likeness (QED) is 0.789. The number of rotatable bonds is 3. The minimum absolute atomic E-state index is 0.347. The molecule has 86 valence electrons. The van der Waals surface area contributed by atoms with Gasteiger partial charge in [-0.2, -0.15) is 13.2 Å². The summed E-state index contributed by atoms with van der Waals surface area (Å²) in [6.45, 7) is 0.795. The van der Waals surface area contributed by atoms with Gasteiger partial charge in [-0.05, 0) is 12.5 Å². The molecule has 1 rings (SSSR count). The van der Waals surface area contributed by atoms with Crippen LogP contribution in [0.2, 0.25) is 0 Å². The number of aliphatic imine (C=N–C) groups is 1. The molecule has 3 nitrogen and oxygen atoms in total. The average molecular weight is 222 g/mol. The van der Waals surface area contributed by atoms with Crippen LogP contribution in [0.3, 0.4) is 0 Å². The van der Waals surface area contributed by atoms with Crippen molar-refractivity contribution in [1.82, 2.24) is 0 Å². The Hall–Kier alpha value is -0.880. The van der Waals surface area contributed by atoms with E-state index in [1.54, 1.807) is 13.0 Å². The molecule has 1 aliphatic rings. The number of alkyl halides is 3. The van der Waals surface area contributed by atoms with Crippen molar-refractivity contribution in [3.8, 4) is 0 Å². The first-order valence-electron chi connectivity index (χ1n) is 4.54. The Morgan fingerprint density at radius 3 is 2.73 bits per heavy atom. The summed E-state index contributed by atoms with van der Waals surface area (Å²) in [5.74, 6) is 0. The molecule has 0 aliphatic carbocycles. The van der Waals surface area contributed by atoms with Gasteiger partial charge >= 0.3 is 6.18 Å². The average Bonchev–Trinajstić information content (AvgIpc) is 2.14. The molecule has 2 N–H and O–H groups in total. The minimum Gasteiger partial charge on any atom is -0.347 e. The minimum atomic E-state index is -4.30. The van der Waals surface area contributed by atoms with Gasteiger partial charge in [-0.3, -0.25) is 4.99 Å². The van der Waals surface area contributed by atoms with Crippen molar-refractivity contribution < 1.29 is 17.9 Å². The summed E-state index contributed by atoms with van der Waals surface area (Å²) >= 11 is 0. The molecule has 0 aromatic rings. The zero-order chi connectivity index (χ0) is 11.5. The van der Waals surface area contributed by atoms with Gasteiger partial charge in [0.1, 0.15) is 6.61 Å². The number of hydrogen-bond donors (Lipinski definition) is 1. The van der Waals surface area contributed by atoms with Crippen LogP contribution in [0, 0.1) is 0 Å². The van der Waals surface area contributed by atoms with Crippen LogP contribution in [-0.2, 0) is 4.74 Å². The molecular weight excluding hydrogens is 209 g/mol. The van der Waals surface area contributed by atoms with E-state index in [1.807, 2.05) is 0 Å². The van der Waals surface area contributed by atoms with Crippen LogP contribution in [0.15, 0.2) is 16.6 Å². The number of halogens is 3. The standard InChI is InChI=1S/C9H13F3N2O/c1-6-7(4-13)2-3-8(14-6)15-5-9(10,11)12/h2,8H,3-5,13H2,1H3. The third kappa shape index (κ3) is 4.01. The van der Waals surface area contributed by atoms with E-state index in [9.17, 15) is 13.2 Å². The molecule has 6 heteroatoms.